The summed E-state index contributed by atoms with van der Waals surface area (Å²) in [4.78, 5) is 0. The number of hydrogen-bond donors (Lipinski definition) is 0. The van der Waals surface area contributed by atoms with Crippen molar-refractivity contribution in [3.63, 3.8) is 0 Å². The molecule has 0 aliphatic carbocycles. The number of pyridine rings is 1. The minimum absolute atomic E-state index is 0.978. The molecule has 5 heteroatoms. The van der Waals surface area contributed by atoms with E-state index in [2.05, 4.69) is 80.7 Å². The average molecular weight is 350 g/mol. The van der Waals surface area contributed by atoms with Crippen molar-refractivity contribution < 1.29 is 9.14 Å². The summed E-state index contributed by atoms with van der Waals surface area (Å²) in [5, 5.41) is 0. The summed E-state index contributed by atoms with van der Waals surface area (Å²) in [7, 11) is 0. The molecule has 2 aromatic heterocycles. The molecule has 1 aliphatic heterocycles. The molecular formula is C20H22N4S+2. The lowest BCUT2D eigenvalue weighted by atomic mass is 9.95. The van der Waals surface area contributed by atoms with Gasteiger partial charge in [0.2, 0.25) is 0 Å². The molecule has 3 heterocycles. The van der Waals surface area contributed by atoms with Crippen LogP contribution in [0.15, 0.2) is 42.7 Å². The summed E-state index contributed by atoms with van der Waals surface area (Å²) in [6.07, 6.45) is 9.71. The standard InChI is InChI=1S/C20H22N4S/c1-3-23-11-7-15(8-12-23)17-5-6-18(20-19(17)21-25-22-20)16-9-13-24(4-2)14-10-16/h5-9,11-13H,3-4,10,14H2,1-2H3/q+2. The second kappa shape index (κ2) is 6.84. The molecule has 0 amide bonds. The van der Waals surface area contributed by atoms with Crippen LogP contribution < -0.4 is 4.57 Å². The predicted octanol–water partition coefficient (Wildman–Crippen LogP) is 3.56. The Morgan fingerprint density at radius 2 is 1.68 bits per heavy atom. The molecule has 3 aromatic rings. The highest BCUT2D eigenvalue weighted by Gasteiger charge is 2.18. The zero-order valence-electron chi connectivity index (χ0n) is 14.6. The average Bonchev–Trinajstić information content (AvgIpc) is 3.17. The lowest BCUT2D eigenvalue weighted by Gasteiger charge is -2.12. The summed E-state index contributed by atoms with van der Waals surface area (Å²) in [6.45, 7) is 7.44. The molecule has 1 aromatic carbocycles. The molecule has 0 N–H and O–H groups in total. The molecule has 0 bridgehead atoms. The van der Waals surface area contributed by atoms with E-state index >= 15 is 0 Å². The highest BCUT2D eigenvalue weighted by molar-refractivity contribution is 7.00. The maximum absolute atomic E-state index is 4.61. The lowest BCUT2D eigenvalue weighted by Crippen LogP contribution is -2.30. The fourth-order valence-corrected chi connectivity index (χ4v) is 3.89. The summed E-state index contributed by atoms with van der Waals surface area (Å²) in [5.74, 6) is 0. The Hall–Kier alpha value is -2.40. The first-order chi connectivity index (χ1) is 12.3. The molecule has 0 spiro atoms. The van der Waals surface area contributed by atoms with Gasteiger partial charge in [-0.15, -0.1) is 0 Å². The minimum Gasteiger partial charge on any atom is -0.236 e. The van der Waals surface area contributed by atoms with Crippen molar-refractivity contribution in [1.29, 1.82) is 0 Å². The molecule has 1 aliphatic rings. The third kappa shape index (κ3) is 3.00. The monoisotopic (exact) mass is 350 g/mol. The zero-order valence-corrected chi connectivity index (χ0v) is 15.5. The molecule has 0 saturated heterocycles. The Kier molecular flexibility index (Phi) is 4.40. The maximum atomic E-state index is 4.61. The van der Waals surface area contributed by atoms with Crippen molar-refractivity contribution in [3.8, 4) is 11.1 Å². The van der Waals surface area contributed by atoms with Gasteiger partial charge >= 0.3 is 0 Å². The van der Waals surface area contributed by atoms with Crippen LogP contribution in [0.3, 0.4) is 0 Å². The largest absolute Gasteiger partial charge is 0.236 e. The van der Waals surface area contributed by atoms with Crippen molar-refractivity contribution in [1.82, 2.24) is 8.75 Å². The summed E-state index contributed by atoms with van der Waals surface area (Å²) in [5.41, 5.74) is 6.96. The first-order valence-corrected chi connectivity index (χ1v) is 9.56. The van der Waals surface area contributed by atoms with Gasteiger partial charge < -0.3 is 0 Å². The smallest absolute Gasteiger partial charge is 0.169 e. The van der Waals surface area contributed by atoms with Crippen LogP contribution in [-0.2, 0) is 6.54 Å². The Morgan fingerprint density at radius 1 is 0.960 bits per heavy atom. The van der Waals surface area contributed by atoms with Crippen molar-refractivity contribution in [2.24, 2.45) is 0 Å². The summed E-state index contributed by atoms with van der Waals surface area (Å²) >= 11 is 1.30. The van der Waals surface area contributed by atoms with Crippen LogP contribution in [0.5, 0.6) is 0 Å². The van der Waals surface area contributed by atoms with Gasteiger partial charge in [0.1, 0.15) is 30.7 Å². The second-order valence-corrected chi connectivity index (χ2v) is 6.79. The van der Waals surface area contributed by atoms with Gasteiger partial charge in [-0.3, -0.25) is 0 Å². The fourth-order valence-electron chi connectivity index (χ4n) is 3.31. The van der Waals surface area contributed by atoms with E-state index in [0.29, 0.717) is 0 Å². The summed E-state index contributed by atoms with van der Waals surface area (Å²) in [6, 6.07) is 8.72. The van der Waals surface area contributed by atoms with Crippen LogP contribution in [0.4, 0.5) is 0 Å². The van der Waals surface area contributed by atoms with E-state index < -0.39 is 0 Å². The molecule has 4 nitrogen and oxygen atoms in total. The van der Waals surface area contributed by atoms with Crippen LogP contribution in [0.1, 0.15) is 25.8 Å². The third-order valence-electron chi connectivity index (χ3n) is 4.89. The van der Waals surface area contributed by atoms with E-state index in [-0.39, 0.29) is 0 Å². The number of rotatable bonds is 4. The molecule has 4 rings (SSSR count). The molecule has 0 unspecified atom stereocenters. The van der Waals surface area contributed by atoms with Crippen molar-refractivity contribution >= 4 is 34.5 Å². The molecular weight excluding hydrogens is 328 g/mol. The number of nitrogens with zero attached hydrogens (tertiary/aromatic N) is 4. The van der Waals surface area contributed by atoms with E-state index in [1.807, 2.05) is 0 Å². The third-order valence-corrected chi connectivity index (χ3v) is 5.42. The van der Waals surface area contributed by atoms with Gasteiger partial charge in [0.05, 0.1) is 11.7 Å². The Labute approximate surface area is 152 Å². The van der Waals surface area contributed by atoms with Crippen LogP contribution in [0.25, 0.3) is 27.7 Å². The van der Waals surface area contributed by atoms with Gasteiger partial charge in [-0.05, 0) is 25.0 Å². The van der Waals surface area contributed by atoms with Crippen LogP contribution in [0, 0.1) is 0 Å². The Bertz CT molecular complexity index is 967. The van der Waals surface area contributed by atoms with Crippen LogP contribution in [-0.4, -0.2) is 32.6 Å². The number of hydrogen-bond acceptors (Lipinski definition) is 3. The first kappa shape index (κ1) is 16.1. The minimum atomic E-state index is 0.978. The summed E-state index contributed by atoms with van der Waals surface area (Å²) < 4.78 is 13.7. The van der Waals surface area contributed by atoms with Gasteiger partial charge in [-0.2, -0.15) is 8.75 Å². The number of benzene rings is 1. The molecule has 0 saturated carbocycles. The fraction of sp³-hybridized carbons (Fsp3) is 0.300. The highest BCUT2D eigenvalue weighted by Crippen LogP contribution is 2.33. The van der Waals surface area contributed by atoms with Gasteiger partial charge in [0.15, 0.2) is 18.6 Å². The van der Waals surface area contributed by atoms with Gasteiger partial charge in [-0.1, -0.05) is 12.1 Å². The lowest BCUT2D eigenvalue weighted by molar-refractivity contribution is -0.693. The molecule has 126 valence electrons. The molecule has 0 atom stereocenters. The number of fused-ring (bicyclic) bond motifs is 1. The van der Waals surface area contributed by atoms with E-state index in [9.17, 15) is 0 Å². The van der Waals surface area contributed by atoms with E-state index in [1.54, 1.807) is 0 Å². The van der Waals surface area contributed by atoms with Crippen LogP contribution in [0.2, 0.25) is 0 Å². The molecule has 0 radical (unpaired) electrons. The molecule has 0 fully saturated rings. The van der Waals surface area contributed by atoms with Gasteiger partial charge in [0, 0.05) is 35.8 Å². The second-order valence-electron chi connectivity index (χ2n) is 6.26. The van der Waals surface area contributed by atoms with Gasteiger partial charge in [0.25, 0.3) is 0 Å². The highest BCUT2D eigenvalue weighted by atomic mass is 32.1. The maximum Gasteiger partial charge on any atom is 0.169 e. The van der Waals surface area contributed by atoms with Crippen molar-refractivity contribution in [3.05, 3.63) is 48.3 Å². The quantitative estimate of drug-likeness (QED) is 0.674. The Balaban J connectivity index is 1.79. The van der Waals surface area contributed by atoms with Crippen molar-refractivity contribution in [2.75, 3.05) is 13.1 Å². The van der Waals surface area contributed by atoms with Gasteiger partial charge in [-0.25, -0.2) is 9.14 Å². The molecule has 25 heavy (non-hydrogen) atoms. The van der Waals surface area contributed by atoms with Crippen LogP contribution >= 0.6 is 11.7 Å². The predicted molar refractivity (Wildman–Crippen MR) is 103 cm³/mol. The Morgan fingerprint density at radius 3 is 2.32 bits per heavy atom. The van der Waals surface area contributed by atoms with E-state index in [4.69, 9.17) is 0 Å². The van der Waals surface area contributed by atoms with Crippen molar-refractivity contribution in [2.45, 2.75) is 26.8 Å². The number of allylic oxidation sites excluding steroid dienone is 1. The SMILES string of the molecule is CC[N+]1=CC=C(c2ccc(-c3cc[n+](CC)cc3)c3nsnc23)CC1. The zero-order chi connectivity index (χ0) is 17.2. The topological polar surface area (TPSA) is 32.7 Å². The number of aromatic nitrogens is 3. The van der Waals surface area contributed by atoms with E-state index in [0.717, 1.165) is 42.7 Å². The normalized spacial score (nSPS) is 14.5. The first-order valence-electron chi connectivity index (χ1n) is 8.83. The number of aryl methyl sites for hydroxylation is 1. The van der Waals surface area contributed by atoms with E-state index in [1.165, 1.54) is 28.4 Å².